The summed E-state index contributed by atoms with van der Waals surface area (Å²) in [7, 11) is 0. The number of rotatable bonds is 10. The van der Waals surface area contributed by atoms with E-state index in [1.54, 1.807) is 0 Å². The molecule has 2 atom stereocenters. The standard InChI is InChI=1S/C29H37N5O3.C2H6/c1-3-5-6-11-26-20-34(27-13-12-22(17-28(27)37-26)29(30)32-36-21-35)25-14-16-33(24(18-25)9-4-2)19-23-10-7-8-15-31-23;1-2/h3,5,7-8,10-13,15,17,21,24-25H,4,6,9,14,16,18-20H2,1-2H3,(H2,30,32);1-2H3/b5-3-,26-11+;. The Morgan fingerprint density at radius 1 is 1.28 bits per heavy atom. The first-order chi connectivity index (χ1) is 19.1. The fraction of sp³-hybridized carbons (Fsp3) is 0.452. The molecule has 1 saturated heterocycles. The lowest BCUT2D eigenvalue weighted by atomic mass is 9.91. The van der Waals surface area contributed by atoms with E-state index in [9.17, 15) is 4.79 Å². The fourth-order valence-corrected chi connectivity index (χ4v) is 5.22. The Balaban J connectivity index is 0.00000205. The van der Waals surface area contributed by atoms with E-state index in [1.165, 1.54) is 0 Å². The quantitative estimate of drug-likeness (QED) is 0.103. The van der Waals surface area contributed by atoms with Crippen LogP contribution in [-0.2, 0) is 16.2 Å². The van der Waals surface area contributed by atoms with Gasteiger partial charge in [-0.15, -0.1) is 0 Å². The second-order valence-electron chi connectivity index (χ2n) is 9.48. The largest absolute Gasteiger partial charge is 0.458 e. The maximum atomic E-state index is 10.5. The average Bonchev–Trinajstić information content (AvgIpc) is 2.98. The zero-order chi connectivity index (χ0) is 28.0. The Morgan fingerprint density at radius 3 is 2.85 bits per heavy atom. The maximum absolute atomic E-state index is 10.5. The molecule has 1 aromatic heterocycles. The zero-order valence-electron chi connectivity index (χ0n) is 23.8. The summed E-state index contributed by atoms with van der Waals surface area (Å²) in [5, 5.41) is 3.65. The highest BCUT2D eigenvalue weighted by Crippen LogP contribution is 2.39. The predicted octanol–water partition coefficient (Wildman–Crippen LogP) is 5.78. The predicted molar refractivity (Wildman–Crippen MR) is 158 cm³/mol. The van der Waals surface area contributed by atoms with Gasteiger partial charge in [-0.25, -0.2) is 0 Å². The summed E-state index contributed by atoms with van der Waals surface area (Å²) in [6.45, 7) is 11.2. The van der Waals surface area contributed by atoms with Gasteiger partial charge in [0.15, 0.2) is 11.6 Å². The minimum Gasteiger partial charge on any atom is -0.458 e. The normalized spacial score (nSPS) is 20.7. The number of nitrogens with zero attached hydrogens (tertiary/aromatic N) is 4. The minimum absolute atomic E-state index is 0.126. The number of fused-ring (bicyclic) bond motifs is 1. The van der Waals surface area contributed by atoms with Gasteiger partial charge in [0.2, 0.25) is 0 Å². The fourth-order valence-electron chi connectivity index (χ4n) is 5.22. The molecule has 3 heterocycles. The number of ether oxygens (including phenoxy) is 1. The molecule has 210 valence electrons. The lowest BCUT2D eigenvalue weighted by Crippen LogP contribution is -2.51. The van der Waals surface area contributed by atoms with Crippen LogP contribution in [-0.4, -0.2) is 47.4 Å². The summed E-state index contributed by atoms with van der Waals surface area (Å²) in [4.78, 5) is 24.7. The molecular weight excluding hydrogens is 490 g/mol. The van der Waals surface area contributed by atoms with Crippen molar-refractivity contribution in [3.8, 4) is 5.75 Å². The first-order valence-electron chi connectivity index (χ1n) is 14.1. The number of allylic oxidation sites excluding steroid dienone is 3. The number of carbonyl (C=O) groups is 1. The van der Waals surface area contributed by atoms with Crippen LogP contribution in [0.4, 0.5) is 5.69 Å². The van der Waals surface area contributed by atoms with Crippen LogP contribution >= 0.6 is 0 Å². The van der Waals surface area contributed by atoms with E-state index in [1.807, 2.05) is 57.3 Å². The van der Waals surface area contributed by atoms with E-state index in [-0.39, 0.29) is 12.3 Å². The van der Waals surface area contributed by atoms with Gasteiger partial charge in [-0.05, 0) is 69.0 Å². The lowest BCUT2D eigenvalue weighted by molar-refractivity contribution is -0.128. The number of benzene rings is 1. The summed E-state index contributed by atoms with van der Waals surface area (Å²) in [6.07, 6.45) is 13.4. The Labute approximate surface area is 233 Å². The van der Waals surface area contributed by atoms with Crippen molar-refractivity contribution in [1.82, 2.24) is 9.88 Å². The molecule has 2 aliphatic heterocycles. The SMILES string of the molecule is C/C=C\C/C=C1\CN(C2CCN(Cc3ccccn3)C(CCC)C2)c2ccc(/C(N)=N/OC=O)cc2O1.CC. The number of piperidine rings is 1. The third-order valence-electron chi connectivity index (χ3n) is 7.01. The lowest BCUT2D eigenvalue weighted by Gasteiger charge is -2.46. The number of aromatic nitrogens is 1. The van der Waals surface area contributed by atoms with Crippen LogP contribution in [0.15, 0.2) is 71.7 Å². The molecule has 2 N–H and O–H groups in total. The van der Waals surface area contributed by atoms with Gasteiger partial charge in [-0.1, -0.05) is 50.6 Å². The van der Waals surface area contributed by atoms with Crippen LogP contribution in [0.5, 0.6) is 5.75 Å². The highest BCUT2D eigenvalue weighted by molar-refractivity contribution is 5.98. The van der Waals surface area contributed by atoms with Crippen molar-refractivity contribution in [3.05, 3.63) is 77.8 Å². The number of amidine groups is 1. The molecule has 39 heavy (non-hydrogen) atoms. The molecule has 8 heteroatoms. The molecule has 0 radical (unpaired) electrons. The van der Waals surface area contributed by atoms with Gasteiger partial charge in [-0.2, -0.15) is 0 Å². The molecule has 0 saturated carbocycles. The summed E-state index contributed by atoms with van der Waals surface area (Å²) in [6, 6.07) is 12.8. The van der Waals surface area contributed by atoms with Gasteiger partial charge >= 0.3 is 6.47 Å². The molecule has 0 aliphatic carbocycles. The van der Waals surface area contributed by atoms with Gasteiger partial charge in [0.1, 0.15) is 5.76 Å². The highest BCUT2D eigenvalue weighted by atomic mass is 16.7. The van der Waals surface area contributed by atoms with Crippen LogP contribution < -0.4 is 15.4 Å². The molecule has 0 spiro atoms. The molecule has 2 unspecified atom stereocenters. The summed E-state index contributed by atoms with van der Waals surface area (Å²) >= 11 is 0. The molecule has 8 nitrogen and oxygen atoms in total. The zero-order valence-corrected chi connectivity index (χ0v) is 23.8. The first-order valence-corrected chi connectivity index (χ1v) is 14.1. The van der Waals surface area contributed by atoms with Gasteiger partial charge in [0.25, 0.3) is 0 Å². The molecule has 2 aromatic rings. The van der Waals surface area contributed by atoms with Crippen molar-refractivity contribution in [2.75, 3.05) is 18.0 Å². The van der Waals surface area contributed by atoms with Crippen molar-refractivity contribution in [3.63, 3.8) is 0 Å². The van der Waals surface area contributed by atoms with Crippen LogP contribution in [0.2, 0.25) is 0 Å². The van der Waals surface area contributed by atoms with E-state index in [4.69, 9.17) is 10.5 Å². The van der Waals surface area contributed by atoms with E-state index >= 15 is 0 Å². The number of hydrogen-bond donors (Lipinski definition) is 1. The number of likely N-dealkylation sites (tertiary alicyclic amines) is 1. The van der Waals surface area contributed by atoms with Crippen LogP contribution in [0.3, 0.4) is 0 Å². The topological polar surface area (TPSA) is 93.3 Å². The van der Waals surface area contributed by atoms with Crippen LogP contribution in [0.1, 0.15) is 71.1 Å². The number of nitrogens with two attached hydrogens (primary N) is 1. The molecule has 2 aliphatic rings. The third kappa shape index (κ3) is 8.17. The van der Waals surface area contributed by atoms with E-state index in [0.717, 1.165) is 74.6 Å². The van der Waals surface area contributed by atoms with Gasteiger partial charge in [-0.3, -0.25) is 14.7 Å². The molecular formula is C31H43N5O3. The molecule has 0 bridgehead atoms. The monoisotopic (exact) mass is 533 g/mol. The van der Waals surface area contributed by atoms with Crippen LogP contribution in [0.25, 0.3) is 0 Å². The first kappa shape index (κ1) is 29.9. The molecule has 1 aromatic carbocycles. The Bertz CT molecular complexity index is 1130. The Hall–Kier alpha value is -3.65. The van der Waals surface area contributed by atoms with Gasteiger partial charge in [0.05, 0.1) is 17.9 Å². The average molecular weight is 534 g/mol. The highest BCUT2D eigenvalue weighted by Gasteiger charge is 2.35. The second-order valence-corrected chi connectivity index (χ2v) is 9.48. The second kappa shape index (κ2) is 15.7. The smallest absolute Gasteiger partial charge is 0.323 e. The molecule has 0 amide bonds. The summed E-state index contributed by atoms with van der Waals surface area (Å²) in [5.41, 5.74) is 8.83. The Morgan fingerprint density at radius 2 is 2.13 bits per heavy atom. The van der Waals surface area contributed by atoms with E-state index < -0.39 is 0 Å². The van der Waals surface area contributed by atoms with Crippen molar-refractivity contribution < 1.29 is 14.4 Å². The van der Waals surface area contributed by atoms with Crippen molar-refractivity contribution >= 4 is 18.0 Å². The van der Waals surface area contributed by atoms with Gasteiger partial charge < -0.3 is 20.2 Å². The number of carbonyl (C=O) groups excluding carboxylic acids is 1. The minimum atomic E-state index is 0.126. The van der Waals surface area contributed by atoms with Crippen molar-refractivity contribution in [1.29, 1.82) is 0 Å². The molecule has 4 rings (SSSR count). The summed E-state index contributed by atoms with van der Waals surface area (Å²) < 4.78 is 6.32. The van der Waals surface area contributed by atoms with Gasteiger partial charge in [0, 0.05) is 36.9 Å². The maximum Gasteiger partial charge on any atom is 0.323 e. The number of hydrogen-bond acceptors (Lipinski definition) is 7. The van der Waals surface area contributed by atoms with E-state index in [0.29, 0.717) is 17.6 Å². The number of oxime groups is 1. The molecule has 1 fully saturated rings. The number of anilines is 1. The Kier molecular flexibility index (Phi) is 12.0. The summed E-state index contributed by atoms with van der Waals surface area (Å²) in [5.74, 6) is 1.79. The third-order valence-corrected chi connectivity index (χ3v) is 7.01. The van der Waals surface area contributed by atoms with Crippen LogP contribution in [0, 0.1) is 0 Å². The van der Waals surface area contributed by atoms with E-state index in [2.05, 4.69) is 56.0 Å². The van der Waals surface area contributed by atoms with Crippen molar-refractivity contribution in [2.24, 2.45) is 10.9 Å². The number of pyridine rings is 1. The van der Waals surface area contributed by atoms with Crippen molar-refractivity contribution in [2.45, 2.75) is 78.4 Å².